The first-order chi connectivity index (χ1) is 15.6. The average Bonchev–Trinajstić information content (AvgIpc) is 2.79. The zero-order valence-electron chi connectivity index (χ0n) is 20.9. The van der Waals surface area contributed by atoms with Crippen LogP contribution in [0.15, 0.2) is 24.3 Å². The summed E-state index contributed by atoms with van der Waals surface area (Å²) in [5, 5.41) is 0. The molecule has 0 aromatic heterocycles. The molecule has 0 aliphatic heterocycles. The van der Waals surface area contributed by atoms with Crippen molar-refractivity contribution in [1.29, 1.82) is 0 Å². The molecule has 3 heteroatoms. The fraction of sp³-hybridized carbons (Fsp3) is 0.793. The summed E-state index contributed by atoms with van der Waals surface area (Å²) in [6, 6.07) is 7.95. The van der Waals surface area contributed by atoms with E-state index in [2.05, 4.69) is 13.8 Å². The highest BCUT2D eigenvalue weighted by Crippen LogP contribution is 2.47. The molecular formula is C29H48F2O. The van der Waals surface area contributed by atoms with E-state index in [1.807, 2.05) is 24.3 Å². The van der Waals surface area contributed by atoms with Crippen LogP contribution in [0.3, 0.4) is 0 Å². The predicted octanol–water partition coefficient (Wildman–Crippen LogP) is 10.1. The second kappa shape index (κ2) is 15.7. The summed E-state index contributed by atoms with van der Waals surface area (Å²) in [5.74, 6) is -2.11. The number of rotatable bonds is 17. The lowest BCUT2D eigenvalue weighted by Crippen LogP contribution is -2.35. The lowest BCUT2D eigenvalue weighted by atomic mass is 9.74. The Kier molecular flexibility index (Phi) is 13.3. The Morgan fingerprint density at radius 2 is 1.31 bits per heavy atom. The van der Waals surface area contributed by atoms with Crippen molar-refractivity contribution in [2.75, 3.05) is 6.61 Å². The largest absolute Gasteiger partial charge is 0.494 e. The molecule has 0 radical (unpaired) electrons. The maximum atomic E-state index is 14.9. The van der Waals surface area contributed by atoms with Gasteiger partial charge in [0.15, 0.2) is 0 Å². The van der Waals surface area contributed by atoms with E-state index in [0.717, 1.165) is 43.6 Å². The van der Waals surface area contributed by atoms with Crippen LogP contribution in [0.2, 0.25) is 0 Å². The number of ether oxygens (including phenoxy) is 1. The third kappa shape index (κ3) is 10.2. The Labute approximate surface area is 196 Å². The molecule has 0 bridgehead atoms. The maximum absolute atomic E-state index is 14.9. The molecule has 2 rings (SSSR count). The van der Waals surface area contributed by atoms with Gasteiger partial charge in [-0.2, -0.15) is 0 Å². The van der Waals surface area contributed by atoms with Gasteiger partial charge in [0.1, 0.15) is 5.75 Å². The van der Waals surface area contributed by atoms with Crippen molar-refractivity contribution >= 4 is 0 Å². The fourth-order valence-electron chi connectivity index (χ4n) is 5.11. The summed E-state index contributed by atoms with van der Waals surface area (Å²) in [6.07, 6.45) is 18.1. The smallest absolute Gasteiger partial charge is 0.251 e. The fourth-order valence-corrected chi connectivity index (χ4v) is 5.11. The van der Waals surface area contributed by atoms with Gasteiger partial charge in [0.2, 0.25) is 0 Å². The van der Waals surface area contributed by atoms with Gasteiger partial charge >= 0.3 is 0 Å². The molecule has 1 nitrogen and oxygen atoms in total. The van der Waals surface area contributed by atoms with E-state index in [9.17, 15) is 8.78 Å². The molecule has 1 aromatic carbocycles. The van der Waals surface area contributed by atoms with Gasteiger partial charge in [-0.05, 0) is 49.3 Å². The molecule has 2 atom stereocenters. The van der Waals surface area contributed by atoms with Crippen molar-refractivity contribution in [2.45, 2.75) is 135 Å². The molecule has 0 saturated heterocycles. The maximum Gasteiger partial charge on any atom is 0.251 e. The third-order valence-corrected chi connectivity index (χ3v) is 7.25. The Hall–Kier alpha value is -1.12. The summed E-state index contributed by atoms with van der Waals surface area (Å²) in [4.78, 5) is 0. The van der Waals surface area contributed by atoms with Crippen LogP contribution in [0, 0.1) is 5.92 Å². The first kappa shape index (κ1) is 27.1. The minimum atomic E-state index is -2.53. The minimum absolute atomic E-state index is 0.00608. The van der Waals surface area contributed by atoms with Gasteiger partial charge in [0, 0.05) is 12.3 Å². The molecule has 1 aliphatic carbocycles. The third-order valence-electron chi connectivity index (χ3n) is 7.25. The van der Waals surface area contributed by atoms with Crippen LogP contribution in [0.4, 0.5) is 8.78 Å². The summed E-state index contributed by atoms with van der Waals surface area (Å²) >= 11 is 0. The number of hydrogen-bond acceptors (Lipinski definition) is 1. The van der Waals surface area contributed by atoms with E-state index >= 15 is 0 Å². The average molecular weight is 451 g/mol. The highest BCUT2D eigenvalue weighted by Gasteiger charge is 2.44. The van der Waals surface area contributed by atoms with Gasteiger partial charge in [0.05, 0.1) is 6.61 Å². The quantitative estimate of drug-likeness (QED) is 0.214. The highest BCUT2D eigenvalue weighted by atomic mass is 19.3. The van der Waals surface area contributed by atoms with E-state index in [4.69, 9.17) is 4.74 Å². The molecule has 0 heterocycles. The topological polar surface area (TPSA) is 9.23 Å². The van der Waals surface area contributed by atoms with Crippen LogP contribution in [0.1, 0.15) is 134 Å². The first-order valence-corrected chi connectivity index (χ1v) is 13.7. The number of unbranched alkanes of at least 4 members (excludes halogenated alkanes) is 11. The van der Waals surface area contributed by atoms with Gasteiger partial charge in [-0.15, -0.1) is 0 Å². The van der Waals surface area contributed by atoms with Crippen molar-refractivity contribution in [2.24, 2.45) is 5.92 Å². The van der Waals surface area contributed by atoms with Crippen molar-refractivity contribution in [1.82, 2.24) is 0 Å². The molecule has 0 spiro atoms. The lowest BCUT2D eigenvalue weighted by Gasteiger charge is -2.36. The highest BCUT2D eigenvalue weighted by molar-refractivity contribution is 5.30. The Morgan fingerprint density at radius 3 is 1.91 bits per heavy atom. The minimum Gasteiger partial charge on any atom is -0.494 e. The van der Waals surface area contributed by atoms with Crippen LogP contribution >= 0.6 is 0 Å². The predicted molar refractivity (Wildman–Crippen MR) is 133 cm³/mol. The van der Waals surface area contributed by atoms with Crippen LogP contribution in [0.25, 0.3) is 0 Å². The molecule has 184 valence electrons. The van der Waals surface area contributed by atoms with Crippen molar-refractivity contribution in [3.05, 3.63) is 29.8 Å². The SMILES string of the molecule is CCCCCCCCCC1CCC(c2ccc(OCCCCCCCC)cc2)CC1(F)F. The van der Waals surface area contributed by atoms with E-state index in [1.54, 1.807) is 0 Å². The Bertz CT molecular complexity index is 583. The van der Waals surface area contributed by atoms with Crippen molar-refractivity contribution < 1.29 is 13.5 Å². The van der Waals surface area contributed by atoms with Gasteiger partial charge in [-0.25, -0.2) is 8.78 Å². The molecule has 1 fully saturated rings. The number of alkyl halides is 2. The number of benzene rings is 1. The zero-order valence-corrected chi connectivity index (χ0v) is 20.9. The molecule has 32 heavy (non-hydrogen) atoms. The zero-order chi connectivity index (χ0) is 23.1. The van der Waals surface area contributed by atoms with Crippen molar-refractivity contribution in [3.63, 3.8) is 0 Å². The first-order valence-electron chi connectivity index (χ1n) is 13.7. The van der Waals surface area contributed by atoms with E-state index < -0.39 is 11.8 Å². The number of hydrogen-bond donors (Lipinski definition) is 0. The summed E-state index contributed by atoms with van der Waals surface area (Å²) in [6.45, 7) is 5.20. The van der Waals surface area contributed by atoms with Gasteiger partial charge in [-0.1, -0.05) is 103 Å². The standard InChI is InChI=1S/C29H48F2O/c1-3-5-7-9-11-12-14-16-27-20-17-26(24-29(27,30)31)25-18-21-28(22-19-25)32-23-15-13-10-8-6-4-2/h18-19,21-22,26-27H,3-17,20,23-24H2,1-2H3. The summed E-state index contributed by atoms with van der Waals surface area (Å²) < 4.78 is 35.6. The second-order valence-electron chi connectivity index (χ2n) is 10.0. The molecular weight excluding hydrogens is 402 g/mol. The van der Waals surface area contributed by atoms with Gasteiger partial charge in [0.25, 0.3) is 5.92 Å². The second-order valence-corrected chi connectivity index (χ2v) is 10.0. The monoisotopic (exact) mass is 450 g/mol. The van der Waals surface area contributed by atoms with Crippen LogP contribution in [-0.2, 0) is 0 Å². The summed E-state index contributed by atoms with van der Waals surface area (Å²) in [5.41, 5.74) is 1.05. The summed E-state index contributed by atoms with van der Waals surface area (Å²) in [7, 11) is 0. The molecule has 1 aliphatic rings. The Balaban J connectivity index is 1.67. The molecule has 0 N–H and O–H groups in total. The van der Waals surface area contributed by atoms with Crippen LogP contribution in [0.5, 0.6) is 5.75 Å². The normalized spacial score (nSPS) is 20.4. The van der Waals surface area contributed by atoms with Gasteiger partial charge < -0.3 is 4.74 Å². The number of halogens is 2. The van der Waals surface area contributed by atoms with Crippen molar-refractivity contribution in [3.8, 4) is 5.75 Å². The van der Waals surface area contributed by atoms with Gasteiger partial charge in [-0.3, -0.25) is 0 Å². The molecule has 2 unspecified atom stereocenters. The van der Waals surface area contributed by atoms with Crippen LogP contribution < -0.4 is 4.74 Å². The van der Waals surface area contributed by atoms with E-state index in [1.165, 1.54) is 64.2 Å². The van der Waals surface area contributed by atoms with E-state index in [-0.39, 0.29) is 12.3 Å². The van der Waals surface area contributed by atoms with Crippen LogP contribution in [-0.4, -0.2) is 12.5 Å². The van der Waals surface area contributed by atoms with E-state index in [0.29, 0.717) is 12.8 Å². The molecule has 0 amide bonds. The Morgan fingerprint density at radius 1 is 0.750 bits per heavy atom. The lowest BCUT2D eigenvalue weighted by molar-refractivity contribution is -0.0949. The molecule has 1 saturated carbocycles. The molecule has 1 aromatic rings.